The number of alkyl halides is 3. The second kappa shape index (κ2) is 7.53. The fraction of sp³-hybridized carbons (Fsp3) is 0.588. The molecule has 7 heteroatoms. The molecule has 0 heterocycles. The first-order chi connectivity index (χ1) is 10.9. The minimum atomic E-state index is -4.99. The molecule has 0 aliphatic rings. The van der Waals surface area contributed by atoms with Crippen LogP contribution in [0.1, 0.15) is 32.8 Å². The quantitative estimate of drug-likeness (QED) is 0.767. The van der Waals surface area contributed by atoms with Gasteiger partial charge in [-0.2, -0.15) is 13.2 Å². The number of hydrogen-bond donors (Lipinski definition) is 1. The normalized spacial score (nSPS) is 16.3. The highest BCUT2D eigenvalue weighted by atomic mass is 19.4. The Morgan fingerprint density at radius 2 is 1.75 bits per heavy atom. The molecule has 4 nitrogen and oxygen atoms in total. The van der Waals surface area contributed by atoms with Gasteiger partial charge in [0.1, 0.15) is 0 Å². The Labute approximate surface area is 139 Å². The molecule has 136 valence electrons. The van der Waals surface area contributed by atoms with Crippen molar-refractivity contribution in [3.05, 3.63) is 35.9 Å². The van der Waals surface area contributed by atoms with Gasteiger partial charge in [-0.15, -0.1) is 0 Å². The summed E-state index contributed by atoms with van der Waals surface area (Å²) in [6, 6.07) is 6.64. The van der Waals surface area contributed by atoms with Gasteiger partial charge < -0.3 is 14.6 Å². The number of ether oxygens (including phenoxy) is 2. The Balaban J connectivity index is 3.03. The molecule has 0 saturated carbocycles. The van der Waals surface area contributed by atoms with Crippen LogP contribution in [-0.4, -0.2) is 36.6 Å². The van der Waals surface area contributed by atoms with E-state index in [1.807, 2.05) is 0 Å². The molecule has 1 N–H and O–H groups in total. The van der Waals surface area contributed by atoms with Crippen LogP contribution in [0.15, 0.2) is 30.3 Å². The third kappa shape index (κ3) is 4.70. The van der Waals surface area contributed by atoms with Gasteiger partial charge in [-0.05, 0) is 26.2 Å². The Hall–Kier alpha value is -1.60. The zero-order valence-electron chi connectivity index (χ0n) is 14.2. The molecule has 0 aliphatic carbocycles. The van der Waals surface area contributed by atoms with E-state index in [1.54, 1.807) is 20.8 Å². The molecule has 1 rings (SSSR count). The Kier molecular flexibility index (Phi) is 6.41. The molecule has 2 atom stereocenters. The number of methoxy groups -OCH3 is 1. The molecule has 0 saturated heterocycles. The van der Waals surface area contributed by atoms with Crippen LogP contribution in [0.3, 0.4) is 0 Å². The van der Waals surface area contributed by atoms with E-state index >= 15 is 0 Å². The van der Waals surface area contributed by atoms with Crippen LogP contribution in [-0.2, 0) is 19.9 Å². The summed E-state index contributed by atoms with van der Waals surface area (Å²) < 4.78 is 50.5. The number of rotatable bonds is 7. The Morgan fingerprint density at radius 3 is 2.17 bits per heavy atom. The molecule has 0 aliphatic heterocycles. The lowest BCUT2D eigenvalue weighted by molar-refractivity contribution is -0.276. The summed E-state index contributed by atoms with van der Waals surface area (Å²) in [7, 11) is 0.821. The van der Waals surface area contributed by atoms with Crippen molar-refractivity contribution in [2.45, 2.75) is 44.6 Å². The van der Waals surface area contributed by atoms with Gasteiger partial charge in [0.25, 0.3) is 5.60 Å². The predicted molar refractivity (Wildman–Crippen MR) is 82.2 cm³/mol. The topological polar surface area (TPSA) is 55.8 Å². The van der Waals surface area contributed by atoms with E-state index < -0.39 is 23.3 Å². The molecule has 1 aromatic carbocycles. The van der Waals surface area contributed by atoms with Crippen LogP contribution >= 0.6 is 0 Å². The summed E-state index contributed by atoms with van der Waals surface area (Å²) in [6.07, 6.45) is -4.71. The molecule has 0 aromatic heterocycles. The highest BCUT2D eigenvalue weighted by Gasteiger charge is 2.64. The average Bonchev–Trinajstić information content (AvgIpc) is 2.44. The van der Waals surface area contributed by atoms with Crippen LogP contribution in [0.4, 0.5) is 13.2 Å². The second-order valence-corrected chi connectivity index (χ2v) is 6.47. The number of benzene rings is 1. The average molecular weight is 348 g/mol. The van der Waals surface area contributed by atoms with Gasteiger partial charge in [-0.3, -0.25) is 0 Å². The van der Waals surface area contributed by atoms with Crippen LogP contribution in [0, 0.1) is 5.92 Å². The van der Waals surface area contributed by atoms with E-state index in [-0.39, 0.29) is 24.5 Å². The Bertz CT molecular complexity index is 537. The molecule has 24 heavy (non-hydrogen) atoms. The van der Waals surface area contributed by atoms with Crippen molar-refractivity contribution >= 4 is 5.97 Å². The predicted octanol–water partition coefficient (Wildman–Crippen LogP) is 3.43. The van der Waals surface area contributed by atoms with E-state index in [9.17, 15) is 23.1 Å². The number of carbonyl (C=O) groups excluding carboxylic acids is 1. The highest BCUT2D eigenvalue weighted by molar-refractivity contribution is 5.82. The third-order valence-corrected chi connectivity index (χ3v) is 3.52. The molecule has 1 aromatic rings. The molecule has 0 spiro atoms. The smallest absolute Gasteiger partial charge is 0.432 e. The minimum Gasteiger partial charge on any atom is -0.463 e. The highest BCUT2D eigenvalue weighted by Crippen LogP contribution is 2.43. The van der Waals surface area contributed by atoms with Crippen molar-refractivity contribution in [3.8, 4) is 0 Å². The molecule has 0 bridgehead atoms. The summed E-state index contributed by atoms with van der Waals surface area (Å²) in [5.41, 5.74) is -4.53. The molecular formula is C17H23F3O4. The lowest BCUT2D eigenvalue weighted by atomic mass is 9.92. The van der Waals surface area contributed by atoms with Gasteiger partial charge in [0.2, 0.25) is 0 Å². The van der Waals surface area contributed by atoms with E-state index in [0.29, 0.717) is 0 Å². The van der Waals surface area contributed by atoms with Crippen molar-refractivity contribution in [2.75, 3.05) is 13.7 Å². The number of esters is 1. The van der Waals surface area contributed by atoms with Gasteiger partial charge in [0, 0.05) is 12.7 Å². The zero-order valence-corrected chi connectivity index (χ0v) is 14.2. The first-order valence-corrected chi connectivity index (χ1v) is 7.51. The van der Waals surface area contributed by atoms with E-state index in [4.69, 9.17) is 4.74 Å². The monoisotopic (exact) mass is 348 g/mol. The van der Waals surface area contributed by atoms with Crippen molar-refractivity contribution in [1.82, 2.24) is 0 Å². The van der Waals surface area contributed by atoms with Crippen LogP contribution in [0.25, 0.3) is 0 Å². The lowest BCUT2D eigenvalue weighted by Crippen LogP contribution is -2.52. The molecular weight excluding hydrogens is 325 g/mol. The maximum Gasteiger partial charge on any atom is 0.432 e. The first kappa shape index (κ1) is 20.4. The summed E-state index contributed by atoms with van der Waals surface area (Å²) >= 11 is 0. The van der Waals surface area contributed by atoms with Gasteiger partial charge in [0.15, 0.2) is 0 Å². The Morgan fingerprint density at radius 1 is 1.21 bits per heavy atom. The van der Waals surface area contributed by atoms with E-state index in [0.717, 1.165) is 7.11 Å². The van der Waals surface area contributed by atoms with Crippen molar-refractivity contribution < 1.29 is 32.5 Å². The zero-order chi connectivity index (χ0) is 18.6. The maximum absolute atomic E-state index is 13.6. The standard InChI is InChI=1S/C17H23F3O4/c1-12(10-15(2,3)22)11-24-14(21)16(23-4,17(18,19)20)13-8-6-5-7-9-13/h5-9,12,22H,10-11H2,1-4H3/t12-,16-/m0/s1. The second-order valence-electron chi connectivity index (χ2n) is 6.47. The number of carbonyl (C=O) groups is 1. The fourth-order valence-corrected chi connectivity index (χ4v) is 2.62. The van der Waals surface area contributed by atoms with E-state index in [1.165, 1.54) is 30.3 Å². The minimum absolute atomic E-state index is 0.253. The third-order valence-electron chi connectivity index (χ3n) is 3.52. The van der Waals surface area contributed by atoms with Crippen molar-refractivity contribution in [3.63, 3.8) is 0 Å². The van der Waals surface area contributed by atoms with Crippen LogP contribution < -0.4 is 0 Å². The van der Waals surface area contributed by atoms with Gasteiger partial charge in [0.05, 0.1) is 12.2 Å². The number of halogens is 3. The van der Waals surface area contributed by atoms with Crippen LogP contribution in [0.2, 0.25) is 0 Å². The molecule has 0 fully saturated rings. The van der Waals surface area contributed by atoms with Gasteiger partial charge in [-0.1, -0.05) is 37.3 Å². The summed E-state index contributed by atoms with van der Waals surface area (Å²) in [6.45, 7) is 4.57. The van der Waals surface area contributed by atoms with Crippen molar-refractivity contribution in [2.24, 2.45) is 5.92 Å². The number of aliphatic hydroxyl groups is 1. The SMILES string of the molecule is CO[C@](C(=O)OC[C@@H](C)CC(C)(C)O)(c1ccccc1)C(F)(F)F. The first-order valence-electron chi connectivity index (χ1n) is 7.51. The van der Waals surface area contributed by atoms with Gasteiger partial charge in [-0.25, -0.2) is 4.79 Å². The molecule has 0 amide bonds. The summed E-state index contributed by atoms with van der Waals surface area (Å²) in [5, 5.41) is 9.72. The summed E-state index contributed by atoms with van der Waals surface area (Å²) in [4.78, 5) is 12.3. The fourth-order valence-electron chi connectivity index (χ4n) is 2.62. The molecule has 0 unspecified atom stereocenters. The summed E-state index contributed by atoms with van der Waals surface area (Å²) in [5.74, 6) is -1.83. The molecule has 0 radical (unpaired) electrons. The maximum atomic E-state index is 13.6. The largest absolute Gasteiger partial charge is 0.463 e. The lowest BCUT2D eigenvalue weighted by Gasteiger charge is -2.33. The van der Waals surface area contributed by atoms with E-state index in [2.05, 4.69) is 4.74 Å². The van der Waals surface area contributed by atoms with Gasteiger partial charge >= 0.3 is 12.1 Å². The van der Waals surface area contributed by atoms with Crippen LogP contribution in [0.5, 0.6) is 0 Å². The number of hydrogen-bond acceptors (Lipinski definition) is 4. The van der Waals surface area contributed by atoms with Crippen molar-refractivity contribution in [1.29, 1.82) is 0 Å².